The second-order valence-electron chi connectivity index (χ2n) is 7.93. The zero-order chi connectivity index (χ0) is 16.0. The molecule has 0 radical (unpaired) electrons. The van der Waals surface area contributed by atoms with E-state index in [4.69, 9.17) is 9.47 Å². The number of esters is 1. The van der Waals surface area contributed by atoms with Crippen LogP contribution in [0, 0.1) is 5.92 Å². The van der Waals surface area contributed by atoms with E-state index in [1.54, 1.807) is 0 Å². The lowest BCUT2D eigenvalue weighted by atomic mass is 10.0. The van der Waals surface area contributed by atoms with Gasteiger partial charge in [0, 0.05) is 0 Å². The van der Waals surface area contributed by atoms with Crippen LogP contribution in [-0.4, -0.2) is 23.3 Å². The van der Waals surface area contributed by atoms with Gasteiger partial charge in [0.15, 0.2) is 6.10 Å². The minimum atomic E-state index is -0.464. The van der Waals surface area contributed by atoms with Crippen molar-refractivity contribution < 1.29 is 14.3 Å². The van der Waals surface area contributed by atoms with E-state index < -0.39 is 11.7 Å². The van der Waals surface area contributed by atoms with Gasteiger partial charge in [0.1, 0.15) is 5.60 Å². The monoisotopic (exact) mass is 286 g/mol. The molecule has 0 saturated carbocycles. The standard InChI is InChI=1S/C17H34O3/c1-13(2)11-9-10-12-14(19-16(3,4)5)15(18)20-17(6,7)8/h13-14H,9-12H2,1-8H3. The molecule has 0 aliphatic rings. The molecule has 0 aromatic carbocycles. The lowest BCUT2D eigenvalue weighted by Gasteiger charge is -2.29. The summed E-state index contributed by atoms with van der Waals surface area (Å²) >= 11 is 0. The smallest absolute Gasteiger partial charge is 0.335 e. The Morgan fingerprint density at radius 1 is 0.900 bits per heavy atom. The Morgan fingerprint density at radius 3 is 1.80 bits per heavy atom. The molecule has 0 fully saturated rings. The van der Waals surface area contributed by atoms with E-state index in [1.165, 1.54) is 6.42 Å². The van der Waals surface area contributed by atoms with Gasteiger partial charge in [0.2, 0.25) is 0 Å². The summed E-state index contributed by atoms with van der Waals surface area (Å²) in [5, 5.41) is 0. The number of ether oxygens (including phenoxy) is 2. The maximum atomic E-state index is 12.2. The molecule has 0 heterocycles. The van der Waals surface area contributed by atoms with Crippen molar-refractivity contribution in [2.75, 3.05) is 0 Å². The number of carbonyl (C=O) groups excluding carboxylic acids is 1. The largest absolute Gasteiger partial charge is 0.458 e. The number of hydrogen-bond acceptors (Lipinski definition) is 3. The van der Waals surface area contributed by atoms with Crippen LogP contribution in [0.25, 0.3) is 0 Å². The Morgan fingerprint density at radius 2 is 1.40 bits per heavy atom. The first kappa shape index (κ1) is 19.4. The highest BCUT2D eigenvalue weighted by Crippen LogP contribution is 2.20. The molecular weight excluding hydrogens is 252 g/mol. The van der Waals surface area contributed by atoms with Crippen LogP contribution < -0.4 is 0 Å². The Balaban J connectivity index is 4.45. The van der Waals surface area contributed by atoms with Crippen LogP contribution in [0.2, 0.25) is 0 Å². The SMILES string of the molecule is CC(C)CCCCC(OC(C)(C)C)C(=O)OC(C)(C)C. The van der Waals surface area contributed by atoms with Crippen LogP contribution in [0.15, 0.2) is 0 Å². The molecule has 0 rings (SSSR count). The topological polar surface area (TPSA) is 35.5 Å². The highest BCUT2D eigenvalue weighted by molar-refractivity contribution is 5.75. The van der Waals surface area contributed by atoms with Crippen molar-refractivity contribution in [3.8, 4) is 0 Å². The van der Waals surface area contributed by atoms with E-state index in [0.29, 0.717) is 5.92 Å². The molecule has 0 N–H and O–H groups in total. The molecule has 0 amide bonds. The van der Waals surface area contributed by atoms with E-state index in [9.17, 15) is 4.79 Å². The lowest BCUT2D eigenvalue weighted by Crippen LogP contribution is -2.38. The molecular formula is C17H34O3. The number of hydrogen-bond donors (Lipinski definition) is 0. The van der Waals surface area contributed by atoms with Gasteiger partial charge in [-0.1, -0.05) is 33.1 Å². The van der Waals surface area contributed by atoms with Crippen molar-refractivity contribution >= 4 is 5.97 Å². The zero-order valence-electron chi connectivity index (χ0n) is 14.7. The first-order valence-corrected chi connectivity index (χ1v) is 7.81. The van der Waals surface area contributed by atoms with Gasteiger partial charge >= 0.3 is 5.97 Å². The van der Waals surface area contributed by atoms with Gasteiger partial charge in [-0.3, -0.25) is 0 Å². The predicted octanol–water partition coefficient (Wildman–Crippen LogP) is 4.73. The number of unbranched alkanes of at least 4 members (excludes halogenated alkanes) is 1. The maximum Gasteiger partial charge on any atom is 0.335 e. The fraction of sp³-hybridized carbons (Fsp3) is 0.941. The summed E-state index contributed by atoms with van der Waals surface area (Å²) in [4.78, 5) is 12.2. The molecule has 0 aromatic rings. The summed E-state index contributed by atoms with van der Waals surface area (Å²) in [7, 11) is 0. The number of carbonyl (C=O) groups is 1. The predicted molar refractivity (Wildman–Crippen MR) is 83.8 cm³/mol. The minimum absolute atomic E-state index is 0.239. The third kappa shape index (κ3) is 11.3. The van der Waals surface area contributed by atoms with Crippen molar-refractivity contribution in [2.24, 2.45) is 5.92 Å². The Bertz CT molecular complexity index is 282. The van der Waals surface area contributed by atoms with Gasteiger partial charge < -0.3 is 9.47 Å². The molecule has 120 valence electrons. The fourth-order valence-corrected chi connectivity index (χ4v) is 1.90. The molecule has 3 nitrogen and oxygen atoms in total. The van der Waals surface area contributed by atoms with Gasteiger partial charge in [-0.15, -0.1) is 0 Å². The van der Waals surface area contributed by atoms with Crippen molar-refractivity contribution in [3.63, 3.8) is 0 Å². The third-order valence-corrected chi connectivity index (χ3v) is 2.66. The summed E-state index contributed by atoms with van der Waals surface area (Å²) in [5.74, 6) is 0.468. The second kappa shape index (κ2) is 8.02. The van der Waals surface area contributed by atoms with E-state index in [2.05, 4.69) is 13.8 Å². The molecule has 1 unspecified atom stereocenters. The summed E-state index contributed by atoms with van der Waals surface area (Å²) in [6.07, 6.45) is 3.60. The first-order valence-electron chi connectivity index (χ1n) is 7.81. The molecule has 0 saturated heterocycles. The van der Waals surface area contributed by atoms with E-state index in [1.807, 2.05) is 41.5 Å². The summed E-state index contributed by atoms with van der Waals surface area (Å²) in [6.45, 7) is 16.0. The fourth-order valence-electron chi connectivity index (χ4n) is 1.90. The third-order valence-electron chi connectivity index (χ3n) is 2.66. The van der Waals surface area contributed by atoms with E-state index in [-0.39, 0.29) is 11.6 Å². The summed E-state index contributed by atoms with van der Waals surface area (Å²) < 4.78 is 11.3. The molecule has 0 aliphatic carbocycles. The minimum Gasteiger partial charge on any atom is -0.458 e. The van der Waals surface area contributed by atoms with Gasteiger partial charge in [-0.2, -0.15) is 0 Å². The van der Waals surface area contributed by atoms with Crippen LogP contribution in [0.3, 0.4) is 0 Å². The van der Waals surface area contributed by atoms with Crippen LogP contribution in [0.1, 0.15) is 81.1 Å². The highest BCUT2D eigenvalue weighted by Gasteiger charge is 2.29. The van der Waals surface area contributed by atoms with Crippen LogP contribution in [-0.2, 0) is 14.3 Å². The Kier molecular flexibility index (Phi) is 7.79. The van der Waals surface area contributed by atoms with Crippen molar-refractivity contribution in [1.29, 1.82) is 0 Å². The Hall–Kier alpha value is -0.570. The average Bonchev–Trinajstić information content (AvgIpc) is 2.17. The summed E-state index contributed by atoms with van der Waals surface area (Å²) in [6, 6.07) is 0. The van der Waals surface area contributed by atoms with Crippen molar-refractivity contribution in [3.05, 3.63) is 0 Å². The average molecular weight is 286 g/mol. The maximum absolute atomic E-state index is 12.2. The molecule has 0 spiro atoms. The first-order chi connectivity index (χ1) is 8.91. The van der Waals surface area contributed by atoms with Crippen LogP contribution in [0.4, 0.5) is 0 Å². The quantitative estimate of drug-likeness (QED) is 0.501. The normalized spacial score (nSPS) is 14.4. The van der Waals surface area contributed by atoms with Crippen LogP contribution in [0.5, 0.6) is 0 Å². The van der Waals surface area contributed by atoms with Crippen molar-refractivity contribution in [1.82, 2.24) is 0 Å². The molecule has 0 aliphatic heterocycles. The summed E-state index contributed by atoms with van der Waals surface area (Å²) in [5.41, 5.74) is -0.797. The highest BCUT2D eigenvalue weighted by atomic mass is 16.6. The van der Waals surface area contributed by atoms with Gasteiger partial charge in [-0.05, 0) is 53.9 Å². The van der Waals surface area contributed by atoms with Gasteiger partial charge in [0.25, 0.3) is 0 Å². The molecule has 0 aromatic heterocycles. The van der Waals surface area contributed by atoms with Crippen molar-refractivity contribution in [2.45, 2.75) is 98.4 Å². The zero-order valence-corrected chi connectivity index (χ0v) is 14.7. The Labute approximate surface area is 125 Å². The molecule has 3 heteroatoms. The number of rotatable bonds is 7. The molecule has 20 heavy (non-hydrogen) atoms. The van der Waals surface area contributed by atoms with E-state index >= 15 is 0 Å². The van der Waals surface area contributed by atoms with Gasteiger partial charge in [0.05, 0.1) is 5.60 Å². The van der Waals surface area contributed by atoms with Gasteiger partial charge in [-0.25, -0.2) is 4.79 Å². The molecule has 0 bridgehead atoms. The van der Waals surface area contributed by atoms with E-state index in [0.717, 1.165) is 19.3 Å². The lowest BCUT2D eigenvalue weighted by molar-refractivity contribution is -0.178. The molecule has 1 atom stereocenters. The second-order valence-corrected chi connectivity index (χ2v) is 7.93. The van der Waals surface area contributed by atoms with Crippen LogP contribution >= 0.6 is 0 Å².